The molecule has 2 aromatic carbocycles. The number of amides is 1. The monoisotopic (exact) mass is 392 g/mol. The Morgan fingerprint density at radius 1 is 1.14 bits per heavy atom. The van der Waals surface area contributed by atoms with Crippen molar-refractivity contribution in [2.45, 2.75) is 6.54 Å². The molecule has 0 aliphatic carbocycles. The van der Waals surface area contributed by atoms with Crippen LogP contribution in [0.15, 0.2) is 73.3 Å². The number of imidazole rings is 1. The van der Waals surface area contributed by atoms with E-state index in [1.54, 1.807) is 24.7 Å². The first kappa shape index (κ1) is 18.0. The van der Waals surface area contributed by atoms with E-state index in [1.165, 1.54) is 0 Å². The quantitative estimate of drug-likeness (QED) is 0.493. The third-order valence-corrected chi connectivity index (χ3v) is 4.52. The first-order valence-electron chi connectivity index (χ1n) is 8.75. The molecule has 0 bridgehead atoms. The van der Waals surface area contributed by atoms with Crippen LogP contribution in [0.25, 0.3) is 10.8 Å². The van der Waals surface area contributed by atoms with Gasteiger partial charge in [-0.2, -0.15) is 0 Å². The van der Waals surface area contributed by atoms with Crippen LogP contribution in [0.3, 0.4) is 0 Å². The van der Waals surface area contributed by atoms with Gasteiger partial charge in [-0.25, -0.2) is 9.97 Å². The Balaban J connectivity index is 1.50. The second-order valence-corrected chi connectivity index (χ2v) is 6.48. The van der Waals surface area contributed by atoms with Crippen LogP contribution in [0.5, 0.6) is 5.75 Å². The number of pyridine rings is 1. The molecular weight excluding hydrogens is 376 g/mol. The minimum absolute atomic E-state index is 0.247. The number of halogens is 1. The lowest BCUT2D eigenvalue weighted by molar-refractivity contribution is 0.102. The predicted octanol–water partition coefficient (Wildman–Crippen LogP) is 4.42. The van der Waals surface area contributed by atoms with Crippen LogP contribution in [0.2, 0.25) is 5.15 Å². The number of rotatable bonds is 6. The third-order valence-electron chi connectivity index (χ3n) is 4.23. The van der Waals surface area contributed by atoms with Crippen molar-refractivity contribution in [3.8, 4) is 5.75 Å². The molecule has 4 rings (SSSR count). The standard InChI is InChI=1S/C21H17ClN4O2/c22-20-16-6-2-1-5-15(16)13-18(24-20)21(27)25-17-7-3-4-8-19(17)28-12-11-26-10-9-23-14-26/h1-10,13-14H,11-12H2,(H,25,27). The highest BCUT2D eigenvalue weighted by Crippen LogP contribution is 2.26. The van der Waals surface area contributed by atoms with Crippen molar-refractivity contribution in [3.05, 3.63) is 84.2 Å². The Hall–Kier alpha value is -3.38. The third kappa shape index (κ3) is 3.97. The molecule has 0 saturated carbocycles. The van der Waals surface area contributed by atoms with Crippen LogP contribution in [-0.4, -0.2) is 27.0 Å². The van der Waals surface area contributed by atoms with E-state index >= 15 is 0 Å². The summed E-state index contributed by atoms with van der Waals surface area (Å²) in [5.41, 5.74) is 0.820. The molecule has 0 aliphatic rings. The second kappa shape index (κ2) is 8.10. The number of hydrogen-bond acceptors (Lipinski definition) is 4. The number of fused-ring (bicyclic) bond motifs is 1. The van der Waals surface area contributed by atoms with Gasteiger partial charge in [-0.15, -0.1) is 0 Å². The van der Waals surface area contributed by atoms with Crippen LogP contribution in [0.4, 0.5) is 5.69 Å². The highest BCUT2D eigenvalue weighted by atomic mass is 35.5. The molecule has 0 saturated heterocycles. The number of para-hydroxylation sites is 2. The van der Waals surface area contributed by atoms with Crippen molar-refractivity contribution in [3.63, 3.8) is 0 Å². The van der Waals surface area contributed by atoms with Crippen molar-refractivity contribution < 1.29 is 9.53 Å². The molecule has 0 fully saturated rings. The summed E-state index contributed by atoms with van der Waals surface area (Å²) in [7, 11) is 0. The zero-order chi connectivity index (χ0) is 19.3. The Morgan fingerprint density at radius 3 is 2.82 bits per heavy atom. The summed E-state index contributed by atoms with van der Waals surface area (Å²) in [6.07, 6.45) is 5.31. The van der Waals surface area contributed by atoms with Crippen molar-refractivity contribution >= 4 is 34.0 Å². The second-order valence-electron chi connectivity index (χ2n) is 6.12. The van der Waals surface area contributed by atoms with Gasteiger partial charge in [0.2, 0.25) is 0 Å². The number of nitrogens with zero attached hydrogens (tertiary/aromatic N) is 3. The van der Waals surface area contributed by atoms with Crippen LogP contribution >= 0.6 is 11.6 Å². The van der Waals surface area contributed by atoms with E-state index in [2.05, 4.69) is 15.3 Å². The van der Waals surface area contributed by atoms with E-state index in [9.17, 15) is 4.79 Å². The van der Waals surface area contributed by atoms with Crippen LogP contribution in [0.1, 0.15) is 10.5 Å². The van der Waals surface area contributed by atoms with Gasteiger partial charge in [0.25, 0.3) is 5.91 Å². The number of aromatic nitrogens is 3. The molecule has 6 nitrogen and oxygen atoms in total. The molecule has 0 spiro atoms. The Bertz CT molecular complexity index is 1110. The number of ether oxygens (including phenoxy) is 1. The fourth-order valence-electron chi connectivity index (χ4n) is 2.83. The lowest BCUT2D eigenvalue weighted by Crippen LogP contribution is -2.15. The molecule has 2 aromatic heterocycles. The summed E-state index contributed by atoms with van der Waals surface area (Å²) in [5.74, 6) is 0.237. The maximum atomic E-state index is 12.7. The SMILES string of the molecule is O=C(Nc1ccccc1OCCn1ccnc1)c1cc2ccccc2c(Cl)n1. The topological polar surface area (TPSA) is 69.0 Å². The lowest BCUT2D eigenvalue weighted by Gasteiger charge is -2.13. The van der Waals surface area contributed by atoms with Gasteiger partial charge in [0.1, 0.15) is 23.2 Å². The molecule has 0 unspecified atom stereocenters. The van der Waals surface area contributed by atoms with Crippen LogP contribution < -0.4 is 10.1 Å². The van der Waals surface area contributed by atoms with Gasteiger partial charge in [-0.3, -0.25) is 4.79 Å². The van der Waals surface area contributed by atoms with Crippen molar-refractivity contribution in [1.29, 1.82) is 0 Å². The van der Waals surface area contributed by atoms with E-state index < -0.39 is 0 Å². The van der Waals surface area contributed by atoms with Gasteiger partial charge >= 0.3 is 0 Å². The number of carbonyl (C=O) groups excluding carboxylic acids is 1. The molecule has 2 heterocycles. The fraction of sp³-hybridized carbons (Fsp3) is 0.0952. The van der Waals surface area contributed by atoms with Gasteiger partial charge < -0.3 is 14.6 Å². The van der Waals surface area contributed by atoms with Gasteiger partial charge in [-0.1, -0.05) is 48.0 Å². The molecule has 28 heavy (non-hydrogen) atoms. The zero-order valence-electron chi connectivity index (χ0n) is 14.9. The van der Waals surface area contributed by atoms with Crippen molar-refractivity contribution in [2.24, 2.45) is 0 Å². The van der Waals surface area contributed by atoms with E-state index in [-0.39, 0.29) is 11.6 Å². The van der Waals surface area contributed by atoms with Gasteiger partial charge in [-0.05, 0) is 23.6 Å². The number of nitrogens with one attached hydrogen (secondary N) is 1. The minimum atomic E-state index is -0.349. The largest absolute Gasteiger partial charge is 0.490 e. The normalized spacial score (nSPS) is 10.8. The average Bonchev–Trinajstić information content (AvgIpc) is 3.23. The Kier molecular flexibility index (Phi) is 5.21. The molecule has 0 aliphatic heterocycles. The van der Waals surface area contributed by atoms with Crippen LogP contribution in [0, 0.1) is 0 Å². The van der Waals surface area contributed by atoms with E-state index in [0.717, 1.165) is 10.8 Å². The van der Waals surface area contributed by atoms with Crippen molar-refractivity contribution in [2.75, 3.05) is 11.9 Å². The number of anilines is 1. The highest BCUT2D eigenvalue weighted by molar-refractivity contribution is 6.34. The predicted molar refractivity (Wildman–Crippen MR) is 109 cm³/mol. The van der Waals surface area contributed by atoms with E-state index in [1.807, 2.05) is 53.2 Å². The molecule has 4 aromatic rings. The number of hydrogen-bond donors (Lipinski definition) is 1. The number of benzene rings is 2. The Morgan fingerprint density at radius 2 is 1.96 bits per heavy atom. The molecule has 1 amide bonds. The summed E-state index contributed by atoms with van der Waals surface area (Å²) < 4.78 is 7.75. The molecule has 1 N–H and O–H groups in total. The smallest absolute Gasteiger partial charge is 0.274 e. The van der Waals surface area contributed by atoms with Gasteiger partial charge in [0, 0.05) is 17.8 Å². The van der Waals surface area contributed by atoms with Gasteiger partial charge in [0.05, 0.1) is 18.6 Å². The van der Waals surface area contributed by atoms with Gasteiger partial charge in [0.15, 0.2) is 0 Å². The first-order chi connectivity index (χ1) is 13.7. The summed E-state index contributed by atoms with van der Waals surface area (Å²) in [5, 5.41) is 4.83. The van der Waals surface area contributed by atoms with Crippen molar-refractivity contribution in [1.82, 2.24) is 14.5 Å². The summed E-state index contributed by atoms with van der Waals surface area (Å²) >= 11 is 6.23. The Labute approximate surface area is 166 Å². The zero-order valence-corrected chi connectivity index (χ0v) is 15.6. The number of carbonyl (C=O) groups is 1. The minimum Gasteiger partial charge on any atom is -0.490 e. The molecule has 0 radical (unpaired) electrons. The summed E-state index contributed by atoms with van der Waals surface area (Å²) in [6.45, 7) is 1.10. The lowest BCUT2D eigenvalue weighted by atomic mass is 10.1. The molecule has 140 valence electrons. The summed E-state index contributed by atoms with van der Waals surface area (Å²) in [4.78, 5) is 20.9. The fourth-order valence-corrected chi connectivity index (χ4v) is 3.10. The van der Waals surface area contributed by atoms with E-state index in [4.69, 9.17) is 16.3 Å². The average molecular weight is 393 g/mol. The maximum absolute atomic E-state index is 12.7. The molecular formula is C21H17ClN4O2. The maximum Gasteiger partial charge on any atom is 0.274 e. The first-order valence-corrected chi connectivity index (χ1v) is 9.13. The van der Waals surface area contributed by atoms with E-state index in [0.29, 0.717) is 29.7 Å². The highest BCUT2D eigenvalue weighted by Gasteiger charge is 2.13. The summed E-state index contributed by atoms with van der Waals surface area (Å²) in [6, 6.07) is 16.5. The van der Waals surface area contributed by atoms with Crippen LogP contribution in [-0.2, 0) is 6.54 Å². The molecule has 0 atom stereocenters. The molecule has 7 heteroatoms.